The van der Waals surface area contributed by atoms with Crippen molar-refractivity contribution in [1.82, 2.24) is 10.2 Å². The molecule has 13 nitrogen and oxygen atoms in total. The van der Waals surface area contributed by atoms with Crippen molar-refractivity contribution in [2.24, 2.45) is 17.6 Å². The fourth-order valence-electron chi connectivity index (χ4n) is 6.34. The summed E-state index contributed by atoms with van der Waals surface area (Å²) in [7, 11) is 6.63. The number of phenolic OH excluding ortho intramolecular Hbond substituents is 1. The first-order valence-electron chi connectivity index (χ1n) is 13.4. The summed E-state index contributed by atoms with van der Waals surface area (Å²) in [4.78, 5) is 55.0. The number of allylic oxidation sites excluding steroid dienone is 1. The first-order valence-corrected chi connectivity index (χ1v) is 13.4. The van der Waals surface area contributed by atoms with Crippen molar-refractivity contribution in [3.63, 3.8) is 0 Å². The number of aromatic hydroxyl groups is 1. The SMILES string of the molecule is C=CCCOC(=O)NCc1cc(N(C)C)c2c(c1O)C(=O)C1=C(O)[C@]3(O)C(=O)C(C(N)=O)=C(O)[C@H](N(C)C)[C@H]3C[C@H]1C2. The molecule has 4 rings (SSSR count). The number of nitrogens with one attached hydrogen (secondary N) is 1. The number of hydrogen-bond donors (Lipinski definition) is 6. The maximum atomic E-state index is 14.0. The van der Waals surface area contributed by atoms with E-state index >= 15 is 0 Å². The summed E-state index contributed by atoms with van der Waals surface area (Å²) in [6, 6.07) is 0.566. The lowest BCUT2D eigenvalue weighted by Gasteiger charge is -2.50. The number of carbonyl (C=O) groups is 4. The smallest absolute Gasteiger partial charge is 0.407 e. The zero-order chi connectivity index (χ0) is 31.3. The van der Waals surface area contributed by atoms with Gasteiger partial charge >= 0.3 is 6.09 Å². The fraction of sp³-hybridized carbons (Fsp3) is 0.448. The largest absolute Gasteiger partial charge is 0.510 e. The van der Waals surface area contributed by atoms with Crippen LogP contribution in [-0.4, -0.2) is 95.3 Å². The van der Waals surface area contributed by atoms with E-state index in [1.807, 2.05) is 0 Å². The summed E-state index contributed by atoms with van der Waals surface area (Å²) in [5.74, 6) is -7.21. The number of rotatable bonds is 8. The Kier molecular flexibility index (Phi) is 8.11. The highest BCUT2D eigenvalue weighted by molar-refractivity contribution is 6.25. The van der Waals surface area contributed by atoms with Crippen LogP contribution in [0.25, 0.3) is 0 Å². The van der Waals surface area contributed by atoms with Crippen molar-refractivity contribution in [3.05, 3.63) is 58.1 Å². The Balaban J connectivity index is 1.83. The number of ether oxygens (including phenoxy) is 1. The Morgan fingerprint density at radius 3 is 2.45 bits per heavy atom. The topological polar surface area (TPSA) is 203 Å². The van der Waals surface area contributed by atoms with E-state index in [0.717, 1.165) is 0 Å². The molecule has 2 amide bonds. The number of anilines is 1. The molecule has 42 heavy (non-hydrogen) atoms. The molecule has 0 bridgehead atoms. The third kappa shape index (κ3) is 4.68. The molecule has 1 aromatic rings. The maximum absolute atomic E-state index is 14.0. The Bertz CT molecular complexity index is 1440. The standard InChI is InChI=1S/C29H36N4O9/c1-6-7-8-42-28(40)31-12-14-11-17(32(2)3)15-9-13-10-16-21(33(4)5)24(36)20(27(30)39)26(38)29(16,41)25(37)18(13)23(35)19(15)22(14)34/h6,11,13,16,21,34,36-37,41H,1,7-10,12H2,2-5H3,(H2,30,39)(H,31,40)/t13-,16-,21-,29+/m1/s1. The molecule has 226 valence electrons. The molecule has 1 aromatic carbocycles. The van der Waals surface area contributed by atoms with Crippen LogP contribution >= 0.6 is 0 Å². The van der Waals surface area contributed by atoms with Crippen molar-refractivity contribution < 1.29 is 44.3 Å². The zero-order valence-electron chi connectivity index (χ0n) is 23.9. The minimum atomic E-state index is -2.72. The minimum absolute atomic E-state index is 0.0146. The van der Waals surface area contributed by atoms with Gasteiger partial charge in [-0.05, 0) is 50.9 Å². The number of phenols is 1. The van der Waals surface area contributed by atoms with Crippen LogP contribution in [0.15, 0.2) is 41.4 Å². The Morgan fingerprint density at radius 1 is 1.21 bits per heavy atom. The van der Waals surface area contributed by atoms with Crippen molar-refractivity contribution in [2.75, 3.05) is 39.7 Å². The average Bonchev–Trinajstić information content (AvgIpc) is 2.89. The van der Waals surface area contributed by atoms with E-state index in [1.165, 1.54) is 4.90 Å². The monoisotopic (exact) mass is 584 g/mol. The lowest BCUT2D eigenvalue weighted by Crippen LogP contribution is -2.63. The van der Waals surface area contributed by atoms with Gasteiger partial charge in [0.15, 0.2) is 11.4 Å². The molecule has 0 heterocycles. The number of aliphatic hydroxyl groups is 3. The normalized spacial score (nSPS) is 25.0. The Labute approximate surface area is 242 Å². The highest BCUT2D eigenvalue weighted by Gasteiger charge is 2.63. The molecule has 0 spiro atoms. The van der Waals surface area contributed by atoms with E-state index in [-0.39, 0.29) is 42.7 Å². The van der Waals surface area contributed by atoms with Gasteiger partial charge in [-0.25, -0.2) is 4.79 Å². The number of amides is 2. The summed E-state index contributed by atoms with van der Waals surface area (Å²) in [5.41, 5.74) is 2.64. The second kappa shape index (κ2) is 11.1. The lowest BCUT2D eigenvalue weighted by atomic mass is 9.58. The van der Waals surface area contributed by atoms with E-state index in [0.29, 0.717) is 17.7 Å². The van der Waals surface area contributed by atoms with Crippen molar-refractivity contribution >= 4 is 29.3 Å². The van der Waals surface area contributed by atoms with Crippen molar-refractivity contribution in [1.29, 1.82) is 0 Å². The molecule has 0 unspecified atom stereocenters. The molecule has 0 aliphatic heterocycles. The molecular weight excluding hydrogens is 548 g/mol. The van der Waals surface area contributed by atoms with E-state index in [4.69, 9.17) is 10.5 Å². The first kappa shape index (κ1) is 30.6. The van der Waals surface area contributed by atoms with Gasteiger partial charge in [-0.1, -0.05) is 6.08 Å². The van der Waals surface area contributed by atoms with E-state index in [9.17, 15) is 39.6 Å². The predicted octanol–water partition coefficient (Wildman–Crippen LogP) is 0.989. The lowest BCUT2D eigenvalue weighted by molar-refractivity contribution is -0.148. The fourth-order valence-corrected chi connectivity index (χ4v) is 6.34. The van der Waals surface area contributed by atoms with E-state index < -0.39 is 69.9 Å². The minimum Gasteiger partial charge on any atom is -0.510 e. The molecule has 13 heteroatoms. The number of aliphatic hydroxyl groups excluding tert-OH is 2. The summed E-state index contributed by atoms with van der Waals surface area (Å²) in [6.07, 6.45) is 1.44. The number of Topliss-reactive ketones (excluding diaryl/α,β-unsaturated/α-hetero) is 2. The van der Waals surface area contributed by atoms with E-state index in [2.05, 4.69) is 11.9 Å². The highest BCUT2D eigenvalue weighted by atomic mass is 16.5. The molecule has 4 atom stereocenters. The molecular formula is C29H36N4O9. The molecule has 0 saturated heterocycles. The molecule has 7 N–H and O–H groups in total. The van der Waals surface area contributed by atoms with Gasteiger partial charge in [-0.3, -0.25) is 19.3 Å². The maximum Gasteiger partial charge on any atom is 0.407 e. The van der Waals surface area contributed by atoms with Gasteiger partial charge in [0, 0.05) is 43.4 Å². The van der Waals surface area contributed by atoms with Gasteiger partial charge in [0.2, 0.25) is 5.78 Å². The number of alkyl carbamates (subject to hydrolysis) is 1. The number of primary amides is 1. The van der Waals surface area contributed by atoms with Crippen molar-refractivity contribution in [3.8, 4) is 5.75 Å². The third-order valence-corrected chi connectivity index (χ3v) is 8.24. The van der Waals surface area contributed by atoms with Crippen LogP contribution in [-0.2, 0) is 27.3 Å². The molecule has 3 aliphatic carbocycles. The second-order valence-electron chi connectivity index (χ2n) is 11.2. The number of fused-ring (bicyclic) bond motifs is 3. The second-order valence-corrected chi connectivity index (χ2v) is 11.2. The van der Waals surface area contributed by atoms with Gasteiger partial charge in [0.1, 0.15) is 22.8 Å². The summed E-state index contributed by atoms with van der Waals surface area (Å²) in [5, 5.41) is 47.9. The number of likely N-dealkylation sites (N-methyl/N-ethyl adjacent to an activating group) is 1. The molecule has 0 radical (unpaired) electrons. The van der Waals surface area contributed by atoms with Crippen LogP contribution in [0.1, 0.15) is 34.3 Å². The van der Waals surface area contributed by atoms with Gasteiger partial charge in [-0.15, -0.1) is 6.58 Å². The first-order chi connectivity index (χ1) is 19.7. The molecule has 0 saturated carbocycles. The van der Waals surface area contributed by atoms with Crippen LogP contribution in [0.2, 0.25) is 0 Å². The molecule has 0 aromatic heterocycles. The zero-order valence-corrected chi connectivity index (χ0v) is 23.9. The third-order valence-electron chi connectivity index (χ3n) is 8.24. The van der Waals surface area contributed by atoms with Gasteiger partial charge in [-0.2, -0.15) is 0 Å². The summed E-state index contributed by atoms with van der Waals surface area (Å²) >= 11 is 0. The average molecular weight is 585 g/mol. The molecule has 0 fully saturated rings. The van der Waals surface area contributed by atoms with Crippen LogP contribution in [0.3, 0.4) is 0 Å². The van der Waals surface area contributed by atoms with Crippen molar-refractivity contribution in [2.45, 2.75) is 37.5 Å². The van der Waals surface area contributed by atoms with Crippen LogP contribution in [0.5, 0.6) is 5.75 Å². The number of nitrogens with two attached hydrogens (primary N) is 1. The van der Waals surface area contributed by atoms with Crippen LogP contribution in [0, 0.1) is 11.8 Å². The summed E-state index contributed by atoms with van der Waals surface area (Å²) < 4.78 is 5.03. The summed E-state index contributed by atoms with van der Waals surface area (Å²) in [6.45, 7) is 3.48. The Morgan fingerprint density at radius 2 is 1.88 bits per heavy atom. The van der Waals surface area contributed by atoms with E-state index in [1.54, 1.807) is 45.2 Å². The van der Waals surface area contributed by atoms with Gasteiger partial charge in [0.25, 0.3) is 5.91 Å². The predicted molar refractivity (Wildman–Crippen MR) is 151 cm³/mol. The molecule has 3 aliphatic rings. The Hall–Kier alpha value is -4.36. The number of ketones is 2. The van der Waals surface area contributed by atoms with Crippen LogP contribution in [0.4, 0.5) is 10.5 Å². The number of hydrogen-bond acceptors (Lipinski definition) is 11. The van der Waals surface area contributed by atoms with Gasteiger partial charge in [0.05, 0.1) is 18.2 Å². The quantitative estimate of drug-likeness (QED) is 0.144. The number of nitrogens with zero attached hydrogens (tertiary/aromatic N) is 2. The number of benzene rings is 1. The van der Waals surface area contributed by atoms with Crippen LogP contribution < -0.4 is 16.0 Å². The highest BCUT2D eigenvalue weighted by Crippen LogP contribution is 2.53. The van der Waals surface area contributed by atoms with Gasteiger partial charge < -0.3 is 41.1 Å². The number of carbonyl (C=O) groups excluding carboxylic acids is 4.